The second-order valence-corrected chi connectivity index (χ2v) is 10.7. The van der Waals surface area contributed by atoms with Crippen molar-refractivity contribution in [2.45, 2.75) is 91.1 Å². The van der Waals surface area contributed by atoms with Gasteiger partial charge in [0.2, 0.25) is 12.3 Å². The predicted molar refractivity (Wildman–Crippen MR) is 111 cm³/mol. The third-order valence-corrected chi connectivity index (χ3v) is 9.52. The van der Waals surface area contributed by atoms with Crippen LogP contribution >= 0.6 is 0 Å². The quantitative estimate of drug-likeness (QED) is 0.562. The molecule has 4 heteroatoms. The molecule has 0 aromatic carbocycles. The summed E-state index contributed by atoms with van der Waals surface area (Å²) < 4.78 is 0. The summed E-state index contributed by atoms with van der Waals surface area (Å²) in [4.78, 5) is 22.5. The van der Waals surface area contributed by atoms with Crippen molar-refractivity contribution in [1.29, 1.82) is 0 Å². The Morgan fingerprint density at radius 2 is 1.96 bits per heavy atom. The fourth-order valence-electron chi connectivity index (χ4n) is 8.16. The van der Waals surface area contributed by atoms with Crippen LogP contribution in [0.15, 0.2) is 11.6 Å². The van der Waals surface area contributed by atoms with Gasteiger partial charge in [-0.15, -0.1) is 0 Å². The number of rotatable bonds is 4. The van der Waals surface area contributed by atoms with Gasteiger partial charge < -0.3 is 10.6 Å². The normalized spacial score (nSPS) is 45.7. The van der Waals surface area contributed by atoms with Crippen LogP contribution in [-0.4, -0.2) is 24.4 Å². The highest BCUT2D eigenvalue weighted by atomic mass is 16.1. The van der Waals surface area contributed by atoms with E-state index in [1.807, 2.05) is 0 Å². The van der Waals surface area contributed by atoms with Crippen molar-refractivity contribution >= 4 is 12.3 Å². The van der Waals surface area contributed by atoms with E-state index in [1.165, 1.54) is 38.5 Å². The van der Waals surface area contributed by atoms with E-state index in [-0.39, 0.29) is 11.9 Å². The molecule has 8 atom stereocenters. The minimum absolute atomic E-state index is 0.103. The fourth-order valence-corrected chi connectivity index (χ4v) is 8.16. The molecule has 3 fully saturated rings. The second-order valence-electron chi connectivity index (χ2n) is 10.7. The lowest BCUT2D eigenvalue weighted by atomic mass is 9.47. The first-order valence-corrected chi connectivity index (χ1v) is 11.5. The van der Waals surface area contributed by atoms with Crippen molar-refractivity contribution in [2.24, 2.45) is 34.5 Å². The highest BCUT2D eigenvalue weighted by Gasteiger charge is 2.59. The van der Waals surface area contributed by atoms with Gasteiger partial charge in [0.05, 0.1) is 0 Å². The Morgan fingerprint density at radius 3 is 2.68 bits per heavy atom. The molecule has 3 saturated carbocycles. The van der Waals surface area contributed by atoms with E-state index in [4.69, 9.17) is 0 Å². The van der Waals surface area contributed by atoms with Crippen molar-refractivity contribution in [3.05, 3.63) is 11.6 Å². The van der Waals surface area contributed by atoms with Crippen LogP contribution in [0.1, 0.15) is 79.1 Å². The number of amides is 2. The molecule has 0 bridgehead atoms. The molecule has 28 heavy (non-hydrogen) atoms. The van der Waals surface area contributed by atoms with Crippen LogP contribution in [0.3, 0.4) is 0 Å². The van der Waals surface area contributed by atoms with Crippen LogP contribution < -0.4 is 10.6 Å². The molecule has 0 aromatic heterocycles. The monoisotopic (exact) mass is 386 g/mol. The second kappa shape index (κ2) is 7.18. The molecule has 0 aliphatic heterocycles. The Morgan fingerprint density at radius 1 is 1.18 bits per heavy atom. The lowest BCUT2D eigenvalue weighted by molar-refractivity contribution is -0.120. The van der Waals surface area contributed by atoms with Crippen LogP contribution in [-0.2, 0) is 9.59 Å². The molecule has 0 heterocycles. The molecule has 0 radical (unpaired) electrons. The summed E-state index contributed by atoms with van der Waals surface area (Å²) in [6.07, 6.45) is 13.2. The van der Waals surface area contributed by atoms with Gasteiger partial charge in [0.1, 0.15) is 0 Å². The van der Waals surface area contributed by atoms with E-state index in [1.54, 1.807) is 12.5 Å². The maximum absolute atomic E-state index is 11.5. The minimum Gasteiger partial charge on any atom is -0.356 e. The number of hydrogen-bond donors (Lipinski definition) is 2. The Hall–Kier alpha value is -1.32. The molecule has 4 aliphatic rings. The molecule has 0 saturated heterocycles. The van der Waals surface area contributed by atoms with Gasteiger partial charge in [-0.05, 0) is 92.8 Å². The summed E-state index contributed by atoms with van der Waals surface area (Å²) in [6, 6.07) is 0.607. The van der Waals surface area contributed by atoms with Crippen LogP contribution in [0.25, 0.3) is 0 Å². The number of carbonyl (C=O) groups excluding carboxylic acids is 2. The predicted octanol–water partition coefficient (Wildman–Crippen LogP) is 4.20. The van der Waals surface area contributed by atoms with E-state index in [0.717, 1.165) is 37.0 Å². The molecule has 2 N–H and O–H groups in total. The zero-order valence-corrected chi connectivity index (χ0v) is 18.1. The highest BCUT2D eigenvalue weighted by Crippen LogP contribution is 2.66. The molecule has 0 aromatic rings. The number of nitrogens with one attached hydrogen (secondary N) is 2. The topological polar surface area (TPSA) is 58.2 Å². The van der Waals surface area contributed by atoms with Gasteiger partial charge in [-0.25, -0.2) is 0 Å². The molecule has 0 unspecified atom stereocenters. The molecule has 2 amide bonds. The summed E-state index contributed by atoms with van der Waals surface area (Å²) in [5.41, 5.74) is 2.31. The van der Waals surface area contributed by atoms with Gasteiger partial charge in [0.15, 0.2) is 0 Å². The first kappa shape index (κ1) is 20.0. The zero-order chi connectivity index (χ0) is 20.1. The number of carbonyl (C=O) groups is 2. The molecule has 4 nitrogen and oxygen atoms in total. The minimum atomic E-state index is 0.103. The van der Waals surface area contributed by atoms with E-state index in [2.05, 4.69) is 37.5 Å². The molecule has 0 spiro atoms. The lowest BCUT2D eigenvalue weighted by Gasteiger charge is -2.58. The van der Waals surface area contributed by atoms with Gasteiger partial charge in [0.25, 0.3) is 0 Å². The lowest BCUT2D eigenvalue weighted by Crippen LogP contribution is -2.53. The van der Waals surface area contributed by atoms with Crippen molar-refractivity contribution < 1.29 is 9.59 Å². The number of allylic oxidation sites excluding steroid dienone is 1. The number of hydrogen-bond acceptors (Lipinski definition) is 2. The van der Waals surface area contributed by atoms with Crippen LogP contribution in [0, 0.1) is 34.5 Å². The first-order chi connectivity index (χ1) is 13.3. The summed E-state index contributed by atoms with van der Waals surface area (Å²) in [5.74, 6) is 3.08. The Labute approximate surface area is 170 Å². The van der Waals surface area contributed by atoms with Crippen LogP contribution in [0.5, 0.6) is 0 Å². The van der Waals surface area contributed by atoms with Crippen molar-refractivity contribution in [2.75, 3.05) is 0 Å². The smallest absolute Gasteiger partial charge is 0.217 e. The Kier molecular flexibility index (Phi) is 5.12. The van der Waals surface area contributed by atoms with Gasteiger partial charge in [0, 0.05) is 19.0 Å². The molecule has 4 rings (SSSR count). The largest absolute Gasteiger partial charge is 0.356 e. The average molecular weight is 387 g/mol. The van der Waals surface area contributed by atoms with Gasteiger partial charge >= 0.3 is 0 Å². The molecule has 156 valence electrons. The van der Waals surface area contributed by atoms with Crippen molar-refractivity contribution in [3.63, 3.8) is 0 Å². The van der Waals surface area contributed by atoms with E-state index in [9.17, 15) is 9.59 Å². The fraction of sp³-hybridized carbons (Fsp3) is 0.833. The summed E-state index contributed by atoms with van der Waals surface area (Å²) in [5, 5.41) is 6.23. The van der Waals surface area contributed by atoms with Crippen LogP contribution in [0.4, 0.5) is 0 Å². The third-order valence-electron chi connectivity index (χ3n) is 9.52. The third kappa shape index (κ3) is 3.02. The average Bonchev–Trinajstić information content (AvgIpc) is 2.99. The molecular formula is C24H38N2O2. The van der Waals surface area contributed by atoms with Crippen molar-refractivity contribution in [3.8, 4) is 0 Å². The molecular weight excluding hydrogens is 348 g/mol. The SMILES string of the molecule is CC(=O)N[C@H]1CC[C@@]2(C)C(=CC[C@H]3[C@@H]4CC[C@H]([C@H](C)NC=O)[C@@]4(C)CC[C@@H]32)C1. The standard InChI is InChI=1S/C24H38N2O2/c1-15(25-14-27)20-7-8-21-19-6-5-17-13-18(26-16(2)28)9-11-23(17,3)22(19)10-12-24(20,21)4/h5,14-15,18-22H,6-13H2,1-4H3,(H,25,27)(H,26,28)/t15-,18-,19-,20+,21-,22-,23-,24+/m0/s1. The van der Waals surface area contributed by atoms with Gasteiger partial charge in [-0.2, -0.15) is 0 Å². The zero-order valence-electron chi connectivity index (χ0n) is 18.1. The summed E-state index contributed by atoms with van der Waals surface area (Å²) in [7, 11) is 0. The van der Waals surface area contributed by atoms with E-state index >= 15 is 0 Å². The Bertz CT molecular complexity index is 674. The van der Waals surface area contributed by atoms with E-state index < -0.39 is 0 Å². The maximum Gasteiger partial charge on any atom is 0.217 e. The first-order valence-electron chi connectivity index (χ1n) is 11.5. The summed E-state index contributed by atoms with van der Waals surface area (Å²) in [6.45, 7) is 8.87. The molecule has 4 aliphatic carbocycles. The van der Waals surface area contributed by atoms with Crippen molar-refractivity contribution in [1.82, 2.24) is 10.6 Å². The number of fused-ring (bicyclic) bond motifs is 5. The highest BCUT2D eigenvalue weighted by molar-refractivity contribution is 5.73. The summed E-state index contributed by atoms with van der Waals surface area (Å²) >= 11 is 0. The Balaban J connectivity index is 1.55. The van der Waals surface area contributed by atoms with E-state index in [0.29, 0.717) is 22.8 Å². The van der Waals surface area contributed by atoms with Gasteiger partial charge in [-0.1, -0.05) is 25.5 Å². The van der Waals surface area contributed by atoms with Gasteiger partial charge in [-0.3, -0.25) is 9.59 Å². The van der Waals surface area contributed by atoms with Crippen LogP contribution in [0.2, 0.25) is 0 Å². The maximum atomic E-state index is 11.5.